The van der Waals surface area contributed by atoms with Gasteiger partial charge < -0.3 is 8.82 Å². The summed E-state index contributed by atoms with van der Waals surface area (Å²) in [5.74, 6) is 0.633. The molecule has 0 aliphatic rings. The summed E-state index contributed by atoms with van der Waals surface area (Å²) in [7, 11) is 0. The first-order valence-electron chi connectivity index (χ1n) is 21.5. The molecular weight excluding hydrogens is 769 g/mol. The quantitative estimate of drug-likeness (QED) is 0.167. The van der Waals surface area contributed by atoms with E-state index in [9.17, 15) is 0 Å². The van der Waals surface area contributed by atoms with Crippen molar-refractivity contribution in [2.45, 2.75) is 0 Å². The number of nitrogens with zero attached hydrogens (tertiary/aromatic N) is 4. The van der Waals surface area contributed by atoms with E-state index in [1.807, 2.05) is 0 Å². The summed E-state index contributed by atoms with van der Waals surface area (Å²) >= 11 is 0. The largest absolute Gasteiger partial charge is 0.456 e. The van der Waals surface area contributed by atoms with E-state index < -0.39 is 0 Å². The van der Waals surface area contributed by atoms with Gasteiger partial charge in [0.25, 0.3) is 0 Å². The highest BCUT2D eigenvalue weighted by Gasteiger charge is 2.27. The normalized spacial score (nSPS) is 12.4. The Hall–Kier alpha value is -8.54. The van der Waals surface area contributed by atoms with Crippen LogP contribution in [-0.4, -0.2) is 18.9 Å². The number of rotatable bonds is 4. The molecule has 0 aliphatic carbocycles. The minimum absolute atomic E-state index is 0.633. The minimum Gasteiger partial charge on any atom is -0.456 e. The van der Waals surface area contributed by atoms with Crippen molar-refractivity contribution in [2.24, 2.45) is 0 Å². The van der Waals surface area contributed by atoms with Crippen LogP contribution in [0.2, 0.25) is 0 Å². The third-order valence-electron chi connectivity index (χ3n) is 13.6. The van der Waals surface area contributed by atoms with E-state index >= 15 is 0 Å². The number of aromatic nitrogens is 4. The average Bonchev–Trinajstić information content (AvgIpc) is 3.98. The van der Waals surface area contributed by atoms with Crippen LogP contribution in [0, 0.1) is 0 Å². The zero-order valence-electron chi connectivity index (χ0n) is 33.7. The first kappa shape index (κ1) is 33.2. The predicted molar refractivity (Wildman–Crippen MR) is 261 cm³/mol. The Labute approximate surface area is 359 Å². The molecule has 0 saturated heterocycles. The van der Waals surface area contributed by atoms with Crippen molar-refractivity contribution < 1.29 is 4.42 Å². The topological polar surface area (TPSA) is 48.3 Å². The molecule has 5 aromatic heterocycles. The van der Waals surface area contributed by atoms with Crippen LogP contribution in [0.3, 0.4) is 0 Å². The van der Waals surface area contributed by atoms with Gasteiger partial charge in [-0.15, -0.1) is 0 Å². The molecule has 0 radical (unpaired) electrons. The monoisotopic (exact) mass is 800 g/mol. The predicted octanol–water partition coefficient (Wildman–Crippen LogP) is 15.4. The van der Waals surface area contributed by atoms with E-state index in [2.05, 4.69) is 203 Å². The van der Waals surface area contributed by atoms with Gasteiger partial charge in [-0.1, -0.05) is 146 Å². The Balaban J connectivity index is 0.975. The Bertz CT molecular complexity index is 4310. The van der Waals surface area contributed by atoms with Gasteiger partial charge in [0.1, 0.15) is 11.2 Å². The summed E-state index contributed by atoms with van der Waals surface area (Å²) in [5, 5.41) is 13.0. The SMILES string of the molecule is c1ccc(-c2c3ccccc3c(-c3ccc(-c4nc(-n5c6ccc7oc8ccc9c%10ccccc%10n%10c%11cccc5c%11c6c7c8c9%10)nc5ccccc45)cc3)c3ccccc23)cc1. The standard InChI is InChI=1S/C58H32N4O/c1-2-13-33(14-3-1)50-37-16-4-6-18-39(37)51(40-19-7-5-17-38(40)50)34-25-27-35(28-26-34)56-42-20-8-10-21-43(42)59-58(60-56)62-46-24-12-23-45-52(46)53-47(62)30-32-48-54(53)55-49(63-48)31-29-41-36-15-9-11-22-44(36)61(45)57(41)55/h1-32H. The van der Waals surface area contributed by atoms with Crippen molar-refractivity contribution in [3.8, 4) is 39.5 Å². The minimum atomic E-state index is 0.633. The molecule has 15 aromatic rings. The lowest BCUT2D eigenvalue weighted by Crippen LogP contribution is -2.03. The fourth-order valence-corrected chi connectivity index (χ4v) is 11.1. The maximum absolute atomic E-state index is 6.65. The van der Waals surface area contributed by atoms with E-state index in [4.69, 9.17) is 14.4 Å². The molecule has 0 saturated carbocycles. The van der Waals surface area contributed by atoms with Crippen molar-refractivity contribution in [2.75, 3.05) is 0 Å². The molecule has 5 nitrogen and oxygen atoms in total. The van der Waals surface area contributed by atoms with E-state index in [1.54, 1.807) is 0 Å². The van der Waals surface area contributed by atoms with Gasteiger partial charge in [0.2, 0.25) is 5.95 Å². The van der Waals surface area contributed by atoms with Crippen molar-refractivity contribution in [1.82, 2.24) is 18.9 Å². The zero-order valence-corrected chi connectivity index (χ0v) is 33.7. The first-order chi connectivity index (χ1) is 31.3. The number of para-hydroxylation sites is 2. The summed E-state index contributed by atoms with van der Waals surface area (Å²) in [6, 6.07) is 69.8. The van der Waals surface area contributed by atoms with Gasteiger partial charge in [-0.3, -0.25) is 4.57 Å². The first-order valence-corrected chi connectivity index (χ1v) is 21.5. The Morgan fingerprint density at radius 2 is 0.889 bits per heavy atom. The Morgan fingerprint density at radius 1 is 0.333 bits per heavy atom. The molecule has 5 heterocycles. The van der Waals surface area contributed by atoms with Gasteiger partial charge in [0.05, 0.1) is 44.2 Å². The molecule has 0 N–H and O–H groups in total. The van der Waals surface area contributed by atoms with Gasteiger partial charge >= 0.3 is 0 Å². The Kier molecular flexibility index (Phi) is 6.36. The highest BCUT2D eigenvalue weighted by Crippen LogP contribution is 2.49. The highest BCUT2D eigenvalue weighted by molar-refractivity contribution is 6.37. The number of fused-ring (bicyclic) bond motifs is 7. The van der Waals surface area contributed by atoms with Gasteiger partial charge in [0.15, 0.2) is 0 Å². The third kappa shape index (κ3) is 4.30. The Morgan fingerprint density at radius 3 is 1.63 bits per heavy atom. The van der Waals surface area contributed by atoms with E-state index in [-0.39, 0.29) is 0 Å². The van der Waals surface area contributed by atoms with E-state index in [0.717, 1.165) is 71.6 Å². The van der Waals surface area contributed by atoms with Crippen LogP contribution in [0.25, 0.3) is 143 Å². The molecule has 10 aromatic carbocycles. The molecule has 63 heavy (non-hydrogen) atoms. The summed E-state index contributed by atoms with van der Waals surface area (Å²) < 4.78 is 11.4. The van der Waals surface area contributed by atoms with Crippen LogP contribution in [0.5, 0.6) is 0 Å². The van der Waals surface area contributed by atoms with Gasteiger partial charge in [0, 0.05) is 37.9 Å². The molecule has 290 valence electrons. The second-order valence-corrected chi connectivity index (χ2v) is 16.8. The second-order valence-electron chi connectivity index (χ2n) is 16.8. The molecular formula is C58H32N4O. The lowest BCUT2D eigenvalue weighted by molar-refractivity contribution is 0.669. The molecule has 0 amide bonds. The lowest BCUT2D eigenvalue weighted by atomic mass is 9.86. The fourth-order valence-electron chi connectivity index (χ4n) is 11.1. The van der Waals surface area contributed by atoms with Crippen molar-refractivity contribution >= 4 is 104 Å². The van der Waals surface area contributed by atoms with Gasteiger partial charge in [-0.2, -0.15) is 0 Å². The van der Waals surface area contributed by atoms with Crippen LogP contribution >= 0.6 is 0 Å². The zero-order chi connectivity index (χ0) is 40.9. The summed E-state index contributed by atoms with van der Waals surface area (Å²) in [6.07, 6.45) is 0. The maximum atomic E-state index is 6.65. The number of benzene rings is 10. The summed E-state index contributed by atoms with van der Waals surface area (Å²) in [5.41, 5.74) is 15.1. The number of furan rings is 1. The summed E-state index contributed by atoms with van der Waals surface area (Å²) in [6.45, 7) is 0. The van der Waals surface area contributed by atoms with Crippen LogP contribution < -0.4 is 0 Å². The fraction of sp³-hybridized carbons (Fsp3) is 0. The maximum Gasteiger partial charge on any atom is 0.235 e. The average molecular weight is 801 g/mol. The molecule has 15 rings (SSSR count). The molecule has 0 aliphatic heterocycles. The van der Waals surface area contributed by atoms with Crippen LogP contribution in [0.4, 0.5) is 0 Å². The van der Waals surface area contributed by atoms with Crippen molar-refractivity contribution in [3.63, 3.8) is 0 Å². The molecule has 0 fully saturated rings. The number of hydrogen-bond donors (Lipinski definition) is 0. The van der Waals surface area contributed by atoms with E-state index in [1.165, 1.54) is 65.4 Å². The number of hydrogen-bond acceptors (Lipinski definition) is 3. The molecule has 0 unspecified atom stereocenters. The summed E-state index contributed by atoms with van der Waals surface area (Å²) in [4.78, 5) is 10.9. The lowest BCUT2D eigenvalue weighted by Gasteiger charge is -2.18. The van der Waals surface area contributed by atoms with Crippen molar-refractivity contribution in [1.29, 1.82) is 0 Å². The molecule has 5 heteroatoms. The molecule has 0 atom stereocenters. The van der Waals surface area contributed by atoms with Crippen LogP contribution in [0.1, 0.15) is 0 Å². The third-order valence-corrected chi connectivity index (χ3v) is 13.6. The van der Waals surface area contributed by atoms with Gasteiger partial charge in [-0.25, -0.2) is 9.97 Å². The van der Waals surface area contributed by atoms with Crippen LogP contribution in [-0.2, 0) is 0 Å². The highest BCUT2D eigenvalue weighted by atomic mass is 16.3. The van der Waals surface area contributed by atoms with E-state index in [0.29, 0.717) is 5.95 Å². The molecule has 0 spiro atoms. The smallest absolute Gasteiger partial charge is 0.235 e. The molecule has 0 bridgehead atoms. The van der Waals surface area contributed by atoms with Crippen molar-refractivity contribution in [3.05, 3.63) is 194 Å². The second kappa shape index (κ2) is 12.1. The van der Waals surface area contributed by atoms with Crippen LogP contribution in [0.15, 0.2) is 199 Å². The van der Waals surface area contributed by atoms with Gasteiger partial charge in [-0.05, 0) is 92.3 Å².